The lowest BCUT2D eigenvalue weighted by atomic mass is 10.2. The molecule has 2 aromatic carbocycles. The number of pyridine rings is 1. The Morgan fingerprint density at radius 3 is 2.68 bits per heavy atom. The summed E-state index contributed by atoms with van der Waals surface area (Å²) in [5.41, 5.74) is 2.43. The Morgan fingerprint density at radius 1 is 1.03 bits per heavy atom. The van der Waals surface area contributed by atoms with Crippen LogP contribution in [0.5, 0.6) is 11.6 Å². The number of carbonyl (C=O) groups is 1. The first kappa shape index (κ1) is 23.4. The minimum absolute atomic E-state index is 0.368. The molecule has 4 rings (SSSR count). The number of rotatable bonds is 6. The zero-order valence-electron chi connectivity index (χ0n) is 18.3. The van der Waals surface area contributed by atoms with Gasteiger partial charge in [0.25, 0.3) is 0 Å². The van der Waals surface area contributed by atoms with Crippen molar-refractivity contribution >= 4 is 40.6 Å². The summed E-state index contributed by atoms with van der Waals surface area (Å²) in [5.74, 6) is 2.12. The molecule has 172 valence electrons. The summed E-state index contributed by atoms with van der Waals surface area (Å²) in [7, 11) is 0. The SMILES string of the molecule is CCc1ncnc(-c2cccnc2Oc2ccc(NC(=O)Nc3cc(Cl)ccc3Cl)cc2C)n1. The van der Waals surface area contributed by atoms with Crippen LogP contribution in [0, 0.1) is 6.92 Å². The Kier molecular flexibility index (Phi) is 7.20. The summed E-state index contributed by atoms with van der Waals surface area (Å²) < 4.78 is 6.08. The average Bonchev–Trinajstić information content (AvgIpc) is 2.83. The van der Waals surface area contributed by atoms with Gasteiger partial charge in [-0.3, -0.25) is 0 Å². The lowest BCUT2D eigenvalue weighted by molar-refractivity contribution is 0.262. The minimum atomic E-state index is -0.453. The molecule has 2 aromatic heterocycles. The Morgan fingerprint density at radius 2 is 1.88 bits per heavy atom. The van der Waals surface area contributed by atoms with Crippen LogP contribution in [-0.2, 0) is 6.42 Å². The molecule has 34 heavy (non-hydrogen) atoms. The second-order valence-electron chi connectivity index (χ2n) is 7.22. The normalized spacial score (nSPS) is 10.6. The van der Waals surface area contributed by atoms with Crippen molar-refractivity contribution in [1.82, 2.24) is 19.9 Å². The monoisotopic (exact) mass is 494 g/mol. The number of hydrogen-bond donors (Lipinski definition) is 2. The van der Waals surface area contributed by atoms with Crippen LogP contribution in [-0.4, -0.2) is 26.0 Å². The fourth-order valence-electron chi connectivity index (χ4n) is 3.10. The van der Waals surface area contributed by atoms with Crippen LogP contribution in [0.15, 0.2) is 61.1 Å². The summed E-state index contributed by atoms with van der Waals surface area (Å²) in [6.45, 7) is 3.84. The Bertz CT molecular complexity index is 1350. The first-order valence-corrected chi connectivity index (χ1v) is 11.1. The van der Waals surface area contributed by atoms with E-state index in [4.69, 9.17) is 27.9 Å². The number of benzene rings is 2. The Labute approximate surface area is 206 Å². The van der Waals surface area contributed by atoms with E-state index in [1.807, 2.05) is 19.9 Å². The van der Waals surface area contributed by atoms with Gasteiger partial charge < -0.3 is 15.4 Å². The predicted molar refractivity (Wildman–Crippen MR) is 133 cm³/mol. The molecule has 0 aliphatic heterocycles. The zero-order chi connectivity index (χ0) is 24.1. The van der Waals surface area contributed by atoms with Crippen molar-refractivity contribution in [2.75, 3.05) is 10.6 Å². The van der Waals surface area contributed by atoms with Gasteiger partial charge in [0.05, 0.1) is 16.3 Å². The molecule has 0 aliphatic rings. The number of anilines is 2. The highest BCUT2D eigenvalue weighted by Crippen LogP contribution is 2.32. The first-order chi connectivity index (χ1) is 16.4. The van der Waals surface area contributed by atoms with Gasteiger partial charge in [0.15, 0.2) is 5.82 Å². The quantitative estimate of drug-likeness (QED) is 0.315. The molecule has 0 saturated heterocycles. The molecular formula is C24H20Cl2N6O2. The van der Waals surface area contributed by atoms with E-state index in [1.54, 1.807) is 48.7 Å². The van der Waals surface area contributed by atoms with Crippen LogP contribution in [0.2, 0.25) is 10.0 Å². The highest BCUT2D eigenvalue weighted by Gasteiger charge is 2.14. The lowest BCUT2D eigenvalue weighted by Crippen LogP contribution is -2.19. The fraction of sp³-hybridized carbons (Fsp3) is 0.125. The third kappa shape index (κ3) is 5.59. The van der Waals surface area contributed by atoms with Gasteiger partial charge in [-0.25, -0.2) is 24.7 Å². The summed E-state index contributed by atoms with van der Waals surface area (Å²) in [5, 5.41) is 6.30. The van der Waals surface area contributed by atoms with Crippen molar-refractivity contribution in [2.24, 2.45) is 0 Å². The summed E-state index contributed by atoms with van der Waals surface area (Å²) in [6, 6.07) is 13.3. The fourth-order valence-corrected chi connectivity index (χ4v) is 3.43. The van der Waals surface area contributed by atoms with E-state index >= 15 is 0 Å². The number of urea groups is 1. The molecule has 4 aromatic rings. The van der Waals surface area contributed by atoms with Gasteiger partial charge in [-0.15, -0.1) is 0 Å². The number of halogens is 2. The topological polar surface area (TPSA) is 102 Å². The molecule has 0 fully saturated rings. The highest BCUT2D eigenvalue weighted by molar-refractivity contribution is 6.35. The lowest BCUT2D eigenvalue weighted by Gasteiger charge is -2.13. The molecular weight excluding hydrogens is 475 g/mol. The minimum Gasteiger partial charge on any atom is -0.438 e. The van der Waals surface area contributed by atoms with Crippen LogP contribution < -0.4 is 15.4 Å². The van der Waals surface area contributed by atoms with E-state index in [0.717, 1.165) is 5.56 Å². The molecule has 0 saturated carbocycles. The standard InChI is InChI=1S/C24H20Cl2N6O2/c1-3-21-28-13-29-22(32-21)17-5-4-10-27-23(17)34-20-9-7-16(11-14(20)2)30-24(33)31-19-12-15(25)6-8-18(19)26/h4-13H,3H2,1-2H3,(H2,30,31,33). The Balaban J connectivity index is 1.50. The number of amides is 2. The number of aromatic nitrogens is 4. The maximum Gasteiger partial charge on any atom is 0.323 e. The van der Waals surface area contributed by atoms with Gasteiger partial charge in [-0.1, -0.05) is 30.1 Å². The highest BCUT2D eigenvalue weighted by atomic mass is 35.5. The summed E-state index contributed by atoms with van der Waals surface area (Å²) in [6.07, 6.45) is 3.80. The first-order valence-electron chi connectivity index (χ1n) is 10.4. The van der Waals surface area contributed by atoms with Crippen molar-refractivity contribution in [3.63, 3.8) is 0 Å². The van der Waals surface area contributed by atoms with Gasteiger partial charge in [-0.2, -0.15) is 0 Å². The second kappa shape index (κ2) is 10.5. The molecule has 2 N–H and O–H groups in total. The zero-order valence-corrected chi connectivity index (χ0v) is 19.9. The van der Waals surface area contributed by atoms with Gasteiger partial charge >= 0.3 is 6.03 Å². The van der Waals surface area contributed by atoms with Crippen LogP contribution in [0.4, 0.5) is 16.2 Å². The molecule has 2 heterocycles. The largest absolute Gasteiger partial charge is 0.438 e. The van der Waals surface area contributed by atoms with Gasteiger partial charge in [-0.05, 0) is 61.0 Å². The summed E-state index contributed by atoms with van der Waals surface area (Å²) >= 11 is 12.1. The van der Waals surface area contributed by atoms with Crippen molar-refractivity contribution in [3.8, 4) is 23.0 Å². The van der Waals surface area contributed by atoms with Crippen molar-refractivity contribution < 1.29 is 9.53 Å². The molecule has 0 radical (unpaired) electrons. The predicted octanol–water partition coefficient (Wildman–Crippen LogP) is 6.55. The van der Waals surface area contributed by atoms with Crippen LogP contribution in [0.25, 0.3) is 11.4 Å². The van der Waals surface area contributed by atoms with Gasteiger partial charge in [0.1, 0.15) is 17.9 Å². The third-order valence-corrected chi connectivity index (χ3v) is 5.33. The molecule has 10 heteroatoms. The number of ether oxygens (including phenoxy) is 1. The van der Waals surface area contributed by atoms with Crippen molar-refractivity contribution in [1.29, 1.82) is 0 Å². The number of hydrogen-bond acceptors (Lipinski definition) is 6. The van der Waals surface area contributed by atoms with E-state index in [2.05, 4.69) is 30.6 Å². The molecule has 0 bridgehead atoms. The van der Waals surface area contributed by atoms with Crippen LogP contribution in [0.1, 0.15) is 18.3 Å². The van der Waals surface area contributed by atoms with Crippen molar-refractivity contribution in [2.45, 2.75) is 20.3 Å². The number of aryl methyl sites for hydroxylation is 2. The number of carbonyl (C=O) groups excluding carboxylic acids is 1. The summed E-state index contributed by atoms with van der Waals surface area (Å²) in [4.78, 5) is 29.6. The van der Waals surface area contributed by atoms with E-state index in [0.29, 0.717) is 56.7 Å². The maximum atomic E-state index is 12.4. The van der Waals surface area contributed by atoms with Crippen LogP contribution >= 0.6 is 23.2 Å². The van der Waals surface area contributed by atoms with E-state index < -0.39 is 6.03 Å². The van der Waals surface area contributed by atoms with E-state index in [1.165, 1.54) is 6.33 Å². The third-order valence-electron chi connectivity index (χ3n) is 4.77. The molecule has 2 amide bonds. The van der Waals surface area contributed by atoms with Gasteiger partial charge in [0.2, 0.25) is 5.88 Å². The molecule has 0 aliphatic carbocycles. The molecule has 0 unspecified atom stereocenters. The smallest absolute Gasteiger partial charge is 0.323 e. The average molecular weight is 495 g/mol. The van der Waals surface area contributed by atoms with Gasteiger partial charge in [0, 0.05) is 23.3 Å². The maximum absolute atomic E-state index is 12.4. The van der Waals surface area contributed by atoms with Crippen molar-refractivity contribution in [3.05, 3.63) is 82.5 Å². The number of nitrogens with one attached hydrogen (secondary N) is 2. The molecule has 0 spiro atoms. The second-order valence-corrected chi connectivity index (χ2v) is 8.06. The Hall–Kier alpha value is -3.75. The van der Waals surface area contributed by atoms with E-state index in [-0.39, 0.29) is 0 Å². The van der Waals surface area contributed by atoms with Crippen LogP contribution in [0.3, 0.4) is 0 Å². The van der Waals surface area contributed by atoms with E-state index in [9.17, 15) is 4.79 Å². The molecule has 8 nitrogen and oxygen atoms in total. The molecule has 0 atom stereocenters. The number of nitrogens with zero attached hydrogens (tertiary/aromatic N) is 4.